The van der Waals surface area contributed by atoms with Crippen molar-refractivity contribution in [2.75, 3.05) is 22.1 Å². The van der Waals surface area contributed by atoms with E-state index in [9.17, 15) is 4.79 Å². The van der Waals surface area contributed by atoms with E-state index in [4.69, 9.17) is 16.9 Å². The predicted molar refractivity (Wildman–Crippen MR) is 102 cm³/mol. The highest BCUT2D eigenvalue weighted by Crippen LogP contribution is 2.22. The maximum atomic E-state index is 12.3. The van der Waals surface area contributed by atoms with Gasteiger partial charge in [0.05, 0.1) is 0 Å². The first-order chi connectivity index (χ1) is 12.5. The topological polar surface area (TPSA) is 143 Å². The Kier molecular flexibility index (Phi) is 4.75. The summed E-state index contributed by atoms with van der Waals surface area (Å²) in [4.78, 5) is 20.2. The van der Waals surface area contributed by atoms with E-state index in [0.29, 0.717) is 28.4 Å². The van der Waals surface area contributed by atoms with Crippen LogP contribution in [0.1, 0.15) is 5.56 Å². The minimum Gasteiger partial charge on any atom is -0.398 e. The molecule has 0 unspecified atom stereocenters. The van der Waals surface area contributed by atoms with Crippen LogP contribution >= 0.6 is 0 Å². The van der Waals surface area contributed by atoms with Crippen LogP contribution in [0.5, 0.6) is 0 Å². The van der Waals surface area contributed by atoms with Crippen molar-refractivity contribution < 1.29 is 4.79 Å². The van der Waals surface area contributed by atoms with E-state index in [1.165, 1.54) is 6.20 Å². The van der Waals surface area contributed by atoms with Gasteiger partial charge in [-0.25, -0.2) is 4.98 Å². The molecule has 130 valence electrons. The number of hydrogen-bond donors (Lipinski definition) is 5. The molecule has 1 aromatic heterocycles. The Morgan fingerprint density at radius 1 is 1.00 bits per heavy atom. The number of anilines is 5. The van der Waals surface area contributed by atoms with Gasteiger partial charge in [0.15, 0.2) is 0 Å². The Morgan fingerprint density at radius 3 is 2.50 bits per heavy atom. The first-order valence-electron chi connectivity index (χ1n) is 7.73. The third kappa shape index (κ3) is 3.93. The Labute approximate surface area is 149 Å². The van der Waals surface area contributed by atoms with E-state index in [0.717, 1.165) is 0 Å². The summed E-state index contributed by atoms with van der Waals surface area (Å²) in [5.41, 5.74) is 13.1. The average molecular weight is 347 g/mol. The van der Waals surface area contributed by atoms with Crippen molar-refractivity contribution in [3.05, 3.63) is 66.4 Å². The molecule has 0 aliphatic heterocycles. The molecule has 8 heteroatoms. The molecular formula is C18H17N7O. The van der Waals surface area contributed by atoms with Gasteiger partial charge in [-0.05, 0) is 36.4 Å². The smallest absolute Gasteiger partial charge is 0.274 e. The van der Waals surface area contributed by atoms with Gasteiger partial charge in [0, 0.05) is 28.8 Å². The number of carbonyl (C=O) groups excluding carboxylic acids is 1. The monoisotopic (exact) mass is 347 g/mol. The van der Waals surface area contributed by atoms with Gasteiger partial charge in [-0.2, -0.15) is 4.98 Å². The second-order valence-corrected chi connectivity index (χ2v) is 5.42. The Morgan fingerprint density at radius 2 is 1.77 bits per heavy atom. The summed E-state index contributed by atoms with van der Waals surface area (Å²) in [5.74, 6) is 0.0838. The molecule has 1 amide bonds. The van der Waals surface area contributed by atoms with Gasteiger partial charge in [0.2, 0.25) is 5.95 Å². The lowest BCUT2D eigenvalue weighted by atomic mass is 10.1. The van der Waals surface area contributed by atoms with Crippen LogP contribution in [0.2, 0.25) is 0 Å². The molecule has 7 N–H and O–H groups in total. The van der Waals surface area contributed by atoms with Crippen LogP contribution in [0.4, 0.5) is 28.8 Å². The molecule has 1 heterocycles. The third-order valence-corrected chi connectivity index (χ3v) is 3.53. The zero-order valence-electron chi connectivity index (χ0n) is 13.7. The molecule has 26 heavy (non-hydrogen) atoms. The number of nitrogens with zero attached hydrogens (tertiary/aromatic N) is 2. The van der Waals surface area contributed by atoms with Crippen molar-refractivity contribution in [3.8, 4) is 0 Å². The van der Waals surface area contributed by atoms with Crippen molar-refractivity contribution in [1.82, 2.24) is 9.97 Å². The molecule has 0 atom stereocenters. The first kappa shape index (κ1) is 16.9. The lowest BCUT2D eigenvalue weighted by molar-refractivity contribution is -0.110. The highest BCUT2D eigenvalue weighted by atomic mass is 16.1. The summed E-state index contributed by atoms with van der Waals surface area (Å²) in [7, 11) is 0. The zero-order chi connectivity index (χ0) is 18.5. The van der Waals surface area contributed by atoms with Crippen LogP contribution in [-0.4, -0.2) is 21.6 Å². The molecule has 0 saturated carbocycles. The highest BCUT2D eigenvalue weighted by Gasteiger charge is 2.16. The predicted octanol–water partition coefficient (Wildman–Crippen LogP) is 2.39. The molecule has 8 nitrogen and oxygen atoms in total. The summed E-state index contributed by atoms with van der Waals surface area (Å²) in [6.07, 6.45) is 1.53. The van der Waals surface area contributed by atoms with Gasteiger partial charge in [-0.3, -0.25) is 10.2 Å². The summed E-state index contributed by atoms with van der Waals surface area (Å²) in [6.45, 7) is 0. The lowest BCUT2D eigenvalue weighted by Crippen LogP contribution is -2.23. The van der Waals surface area contributed by atoms with Gasteiger partial charge in [-0.1, -0.05) is 18.2 Å². The van der Waals surface area contributed by atoms with Crippen LogP contribution in [0, 0.1) is 5.41 Å². The average Bonchev–Trinajstić information content (AvgIpc) is 2.63. The van der Waals surface area contributed by atoms with Gasteiger partial charge in [0.1, 0.15) is 11.5 Å². The summed E-state index contributed by atoms with van der Waals surface area (Å²) < 4.78 is 0. The number of hydrogen-bond acceptors (Lipinski definition) is 7. The minimum atomic E-state index is -0.550. The molecule has 0 bridgehead atoms. The second kappa shape index (κ2) is 7.31. The number of aromatic nitrogens is 2. The van der Waals surface area contributed by atoms with E-state index in [1.807, 2.05) is 6.07 Å². The first-order valence-corrected chi connectivity index (χ1v) is 7.73. The van der Waals surface area contributed by atoms with Crippen molar-refractivity contribution in [1.29, 1.82) is 5.41 Å². The number of para-hydroxylation sites is 1. The molecule has 0 aliphatic rings. The quantitative estimate of drug-likeness (QED) is 0.354. The van der Waals surface area contributed by atoms with Gasteiger partial charge < -0.3 is 22.1 Å². The molecule has 3 aromatic rings. The fourth-order valence-electron chi connectivity index (χ4n) is 2.28. The van der Waals surface area contributed by atoms with E-state index in [1.54, 1.807) is 48.5 Å². The number of amides is 1. The lowest BCUT2D eigenvalue weighted by Gasteiger charge is -2.12. The summed E-state index contributed by atoms with van der Waals surface area (Å²) in [6, 6.07) is 15.5. The number of rotatable bonds is 5. The Balaban J connectivity index is 1.80. The van der Waals surface area contributed by atoms with Gasteiger partial charge >= 0.3 is 0 Å². The Hall–Kier alpha value is -3.94. The standard InChI is InChI=1S/C18H17N7O/c19-14-7-6-12(23-15-8-9-22-18(21)25-15)10-13(14)16(20)17(26)24-11-4-2-1-3-5-11/h1-10,20H,19H2,(H,24,26)(H3,21,22,23,25). The number of carbonyl (C=O) groups is 1. The van der Waals surface area contributed by atoms with Crippen LogP contribution in [0.15, 0.2) is 60.8 Å². The summed E-state index contributed by atoms with van der Waals surface area (Å²) >= 11 is 0. The van der Waals surface area contributed by atoms with E-state index < -0.39 is 5.91 Å². The maximum absolute atomic E-state index is 12.3. The molecule has 0 radical (unpaired) electrons. The van der Waals surface area contributed by atoms with E-state index in [-0.39, 0.29) is 11.7 Å². The van der Waals surface area contributed by atoms with Crippen LogP contribution in [0.25, 0.3) is 0 Å². The fraction of sp³-hybridized carbons (Fsp3) is 0. The fourth-order valence-corrected chi connectivity index (χ4v) is 2.28. The number of nitrogen functional groups attached to an aromatic ring is 2. The largest absolute Gasteiger partial charge is 0.398 e. The summed E-state index contributed by atoms with van der Waals surface area (Å²) in [5, 5.41) is 13.9. The van der Waals surface area contributed by atoms with Crippen molar-refractivity contribution >= 4 is 40.4 Å². The van der Waals surface area contributed by atoms with E-state index in [2.05, 4.69) is 20.6 Å². The van der Waals surface area contributed by atoms with Crippen LogP contribution in [0.3, 0.4) is 0 Å². The van der Waals surface area contributed by atoms with Crippen molar-refractivity contribution in [3.63, 3.8) is 0 Å². The van der Waals surface area contributed by atoms with E-state index >= 15 is 0 Å². The second-order valence-electron chi connectivity index (χ2n) is 5.42. The molecular weight excluding hydrogens is 330 g/mol. The number of benzene rings is 2. The molecule has 0 aliphatic carbocycles. The van der Waals surface area contributed by atoms with Gasteiger partial charge in [-0.15, -0.1) is 0 Å². The highest BCUT2D eigenvalue weighted by molar-refractivity contribution is 6.48. The Bertz CT molecular complexity index is 957. The zero-order valence-corrected chi connectivity index (χ0v) is 13.7. The third-order valence-electron chi connectivity index (χ3n) is 3.53. The number of nitrogens with one attached hydrogen (secondary N) is 3. The molecule has 0 fully saturated rings. The SMILES string of the molecule is N=C(C(=O)Nc1ccccc1)c1cc(Nc2ccnc(N)n2)ccc1N. The van der Waals surface area contributed by atoms with Crippen LogP contribution in [-0.2, 0) is 4.79 Å². The van der Waals surface area contributed by atoms with Crippen molar-refractivity contribution in [2.24, 2.45) is 0 Å². The molecule has 0 saturated heterocycles. The number of nitrogens with two attached hydrogens (primary N) is 2. The normalized spacial score (nSPS) is 10.2. The maximum Gasteiger partial charge on any atom is 0.274 e. The minimum absolute atomic E-state index is 0.139. The molecule has 3 rings (SSSR count). The van der Waals surface area contributed by atoms with Crippen molar-refractivity contribution in [2.45, 2.75) is 0 Å². The molecule has 0 spiro atoms. The van der Waals surface area contributed by atoms with Gasteiger partial charge in [0.25, 0.3) is 5.91 Å². The molecule has 2 aromatic carbocycles. The van der Waals surface area contributed by atoms with Crippen LogP contribution < -0.4 is 22.1 Å².